The number of aliphatic hydroxyl groups excluding tert-OH is 3. The molecule has 10 nitrogen and oxygen atoms in total. The predicted octanol–water partition coefficient (Wildman–Crippen LogP) is -0.0849. The molecule has 1 fully saturated rings. The first-order valence-electron chi connectivity index (χ1n) is 9.66. The number of non-ortho nitro benzene ring substituents is 1. The van der Waals surface area contributed by atoms with E-state index in [9.17, 15) is 29.9 Å². The Bertz CT molecular complexity index is 754. The number of nitro groups is 1. The van der Waals surface area contributed by atoms with Crippen LogP contribution in [0.4, 0.5) is 5.69 Å². The number of ketones is 1. The minimum atomic E-state index is -2.03. The second kappa shape index (κ2) is 12.4. The molecular formula is C19H26N2O8S2. The summed E-state index contributed by atoms with van der Waals surface area (Å²) in [5.74, 6) is -2.30. The molecule has 1 amide bonds. The average Bonchev–Trinajstić information content (AvgIpc) is 2.73. The molecule has 1 saturated heterocycles. The Hall–Kier alpha value is -1.70. The molecule has 0 bridgehead atoms. The fourth-order valence-corrected chi connectivity index (χ4v) is 5.83. The lowest BCUT2D eigenvalue weighted by atomic mass is 9.74. The summed E-state index contributed by atoms with van der Waals surface area (Å²) in [6, 6.07) is 4.90. The molecule has 2 rings (SSSR count). The van der Waals surface area contributed by atoms with Crippen LogP contribution < -0.4 is 5.32 Å². The highest BCUT2D eigenvalue weighted by Crippen LogP contribution is 2.36. The molecule has 12 heteroatoms. The van der Waals surface area contributed by atoms with Crippen LogP contribution in [-0.2, 0) is 16.0 Å². The van der Waals surface area contributed by atoms with Crippen molar-refractivity contribution in [2.45, 2.75) is 29.8 Å². The molecule has 3 atom stereocenters. The van der Waals surface area contributed by atoms with Crippen molar-refractivity contribution in [1.29, 1.82) is 0 Å². The highest BCUT2D eigenvalue weighted by Gasteiger charge is 2.50. The van der Waals surface area contributed by atoms with E-state index in [0.717, 1.165) is 0 Å². The molecule has 172 valence electrons. The Kier molecular flexibility index (Phi) is 10.2. The lowest BCUT2D eigenvalue weighted by Gasteiger charge is -2.42. The number of carbonyl (C=O) groups is 2. The van der Waals surface area contributed by atoms with E-state index in [-0.39, 0.29) is 29.9 Å². The number of aliphatic hydroxyl groups is 4. The molecule has 1 heterocycles. The Labute approximate surface area is 187 Å². The second-order valence-corrected chi connectivity index (χ2v) is 9.92. The van der Waals surface area contributed by atoms with Gasteiger partial charge in [-0.05, 0) is 12.0 Å². The van der Waals surface area contributed by atoms with E-state index in [4.69, 9.17) is 10.2 Å². The van der Waals surface area contributed by atoms with Gasteiger partial charge in [-0.15, -0.1) is 23.5 Å². The van der Waals surface area contributed by atoms with E-state index in [2.05, 4.69) is 5.32 Å². The van der Waals surface area contributed by atoms with E-state index in [1.54, 1.807) is 0 Å². The first kappa shape index (κ1) is 25.6. The van der Waals surface area contributed by atoms with Gasteiger partial charge in [-0.3, -0.25) is 19.7 Å². The zero-order valence-electron chi connectivity index (χ0n) is 16.6. The zero-order chi connectivity index (χ0) is 23.0. The minimum Gasteiger partial charge on any atom is -0.396 e. The van der Waals surface area contributed by atoms with Gasteiger partial charge in [-0.2, -0.15) is 0 Å². The Balaban J connectivity index is 2.09. The van der Waals surface area contributed by atoms with Crippen molar-refractivity contribution in [3.05, 3.63) is 39.9 Å². The number of Topliss-reactive ketones (excluding diaryl/α,β-unsaturated/α-hetero) is 1. The van der Waals surface area contributed by atoms with E-state index >= 15 is 0 Å². The predicted molar refractivity (Wildman–Crippen MR) is 116 cm³/mol. The minimum absolute atomic E-state index is 0.0208. The molecule has 5 N–H and O–H groups in total. The van der Waals surface area contributed by atoms with Gasteiger partial charge in [0.05, 0.1) is 34.6 Å². The van der Waals surface area contributed by atoms with Crippen LogP contribution in [-0.4, -0.2) is 78.7 Å². The van der Waals surface area contributed by atoms with Gasteiger partial charge in [-0.1, -0.05) is 12.1 Å². The molecule has 0 aliphatic carbocycles. The third kappa shape index (κ3) is 7.16. The Morgan fingerprint density at radius 1 is 1.13 bits per heavy atom. The number of carbonyl (C=O) groups excluding carboxylic acids is 2. The molecule has 0 aromatic heterocycles. The highest BCUT2D eigenvalue weighted by molar-refractivity contribution is 8.17. The van der Waals surface area contributed by atoms with Gasteiger partial charge >= 0.3 is 0 Å². The van der Waals surface area contributed by atoms with Crippen molar-refractivity contribution in [2.75, 3.05) is 24.7 Å². The van der Waals surface area contributed by atoms with E-state index in [0.29, 0.717) is 23.5 Å². The summed E-state index contributed by atoms with van der Waals surface area (Å²) in [7, 11) is 0. The third-order valence-electron chi connectivity index (χ3n) is 4.91. The monoisotopic (exact) mass is 474 g/mol. The van der Waals surface area contributed by atoms with Gasteiger partial charge in [0, 0.05) is 36.1 Å². The number of nitrogens with zero attached hydrogens (tertiary/aromatic N) is 1. The van der Waals surface area contributed by atoms with Crippen LogP contribution in [0.1, 0.15) is 12.0 Å². The summed E-state index contributed by atoms with van der Waals surface area (Å²) in [6.07, 6.45) is -1.80. The van der Waals surface area contributed by atoms with Crippen LogP contribution in [0.5, 0.6) is 0 Å². The number of β-lactam (4-membered cyclic amide) rings is 1. The maximum absolute atomic E-state index is 12.8. The van der Waals surface area contributed by atoms with Gasteiger partial charge in [0.25, 0.3) is 5.69 Å². The van der Waals surface area contributed by atoms with Crippen molar-refractivity contribution in [3.8, 4) is 0 Å². The summed E-state index contributed by atoms with van der Waals surface area (Å²) in [6.45, 7) is -0.0416. The molecule has 1 aliphatic heterocycles. The topological polar surface area (TPSA) is 170 Å². The van der Waals surface area contributed by atoms with Gasteiger partial charge in [0.1, 0.15) is 5.78 Å². The van der Waals surface area contributed by atoms with Gasteiger partial charge < -0.3 is 25.7 Å². The van der Waals surface area contributed by atoms with Crippen molar-refractivity contribution in [3.63, 3.8) is 0 Å². The molecule has 1 aliphatic rings. The van der Waals surface area contributed by atoms with Crippen LogP contribution in [0.25, 0.3) is 0 Å². The van der Waals surface area contributed by atoms with Crippen molar-refractivity contribution in [2.24, 2.45) is 11.8 Å². The van der Waals surface area contributed by atoms with E-state index in [1.165, 1.54) is 47.8 Å². The number of hydrogen-bond acceptors (Lipinski definition) is 10. The Morgan fingerprint density at radius 3 is 2.16 bits per heavy atom. The molecule has 0 radical (unpaired) electrons. The van der Waals surface area contributed by atoms with Crippen LogP contribution in [0, 0.1) is 22.0 Å². The van der Waals surface area contributed by atoms with Gasteiger partial charge in [0.15, 0.2) is 6.29 Å². The number of nitrogens with one attached hydrogen (secondary N) is 1. The SMILES string of the molecule is O=C(Cc1ccc([N+](=O)[O-])cc1)C(C(O)O)C1C(=O)NC1CC(SCCO)SCCO. The number of nitro benzene ring substituents is 1. The first-order valence-corrected chi connectivity index (χ1v) is 11.8. The highest BCUT2D eigenvalue weighted by atomic mass is 32.2. The maximum Gasteiger partial charge on any atom is 0.269 e. The van der Waals surface area contributed by atoms with Crippen molar-refractivity contribution < 1.29 is 34.9 Å². The second-order valence-electron chi connectivity index (χ2n) is 7.00. The number of amides is 1. The van der Waals surface area contributed by atoms with Crippen LogP contribution in [0.3, 0.4) is 0 Å². The van der Waals surface area contributed by atoms with Crippen molar-refractivity contribution in [1.82, 2.24) is 5.32 Å². The summed E-state index contributed by atoms with van der Waals surface area (Å²) < 4.78 is -0.0614. The van der Waals surface area contributed by atoms with E-state index < -0.39 is 40.8 Å². The zero-order valence-corrected chi connectivity index (χ0v) is 18.3. The standard InChI is InChI=1S/C19H26N2O8S2/c22-5-7-30-15(31-8-6-23)10-13-16(18(25)20-13)17(19(26)27)14(24)9-11-1-3-12(4-2-11)21(28)29/h1-4,13,15-17,19,22-23,26-27H,5-10H2,(H,20,25). The van der Waals surface area contributed by atoms with Crippen LogP contribution in [0.15, 0.2) is 24.3 Å². The molecule has 0 saturated carbocycles. The molecule has 1 aromatic rings. The Morgan fingerprint density at radius 2 is 1.71 bits per heavy atom. The van der Waals surface area contributed by atoms with Crippen LogP contribution >= 0.6 is 23.5 Å². The number of hydrogen-bond donors (Lipinski definition) is 5. The van der Waals surface area contributed by atoms with E-state index in [1.807, 2.05) is 0 Å². The summed E-state index contributed by atoms with van der Waals surface area (Å²) >= 11 is 2.93. The molecule has 1 aromatic carbocycles. The number of rotatable bonds is 14. The quantitative estimate of drug-likeness (QED) is 0.106. The van der Waals surface area contributed by atoms with Crippen LogP contribution in [0.2, 0.25) is 0 Å². The lowest BCUT2D eigenvalue weighted by Crippen LogP contribution is -2.64. The van der Waals surface area contributed by atoms with Crippen molar-refractivity contribution >= 4 is 40.9 Å². The number of benzene rings is 1. The first-order chi connectivity index (χ1) is 14.8. The average molecular weight is 475 g/mol. The molecular weight excluding hydrogens is 448 g/mol. The fraction of sp³-hybridized carbons (Fsp3) is 0.579. The van der Waals surface area contributed by atoms with Gasteiger partial charge in [0.2, 0.25) is 5.91 Å². The largest absolute Gasteiger partial charge is 0.396 e. The summed E-state index contributed by atoms with van der Waals surface area (Å²) in [4.78, 5) is 35.2. The lowest BCUT2D eigenvalue weighted by molar-refractivity contribution is -0.384. The number of thioether (sulfide) groups is 2. The van der Waals surface area contributed by atoms with Gasteiger partial charge in [-0.25, -0.2) is 0 Å². The maximum atomic E-state index is 12.8. The summed E-state index contributed by atoms with van der Waals surface area (Å²) in [5.41, 5.74) is 0.340. The normalized spacial score (nSPS) is 19.2. The third-order valence-corrected chi connectivity index (χ3v) is 7.69. The molecule has 31 heavy (non-hydrogen) atoms. The molecule has 0 spiro atoms. The smallest absolute Gasteiger partial charge is 0.269 e. The molecule has 3 unspecified atom stereocenters. The summed E-state index contributed by atoms with van der Waals surface area (Å²) in [5, 5.41) is 51.3. The fourth-order valence-electron chi connectivity index (χ4n) is 3.44.